The molecule has 0 aliphatic rings. The van der Waals surface area contributed by atoms with Gasteiger partial charge < -0.3 is 15.6 Å². The zero-order chi connectivity index (χ0) is 21.9. The van der Waals surface area contributed by atoms with Crippen LogP contribution < -0.4 is 16.2 Å². The highest BCUT2D eigenvalue weighted by Crippen LogP contribution is 2.27. The molecule has 6 nitrogen and oxygen atoms in total. The van der Waals surface area contributed by atoms with Crippen LogP contribution in [0.1, 0.15) is 15.9 Å². The number of amides is 1. The maximum absolute atomic E-state index is 12.3. The van der Waals surface area contributed by atoms with Crippen molar-refractivity contribution in [2.24, 2.45) is 0 Å². The maximum Gasteiger partial charge on any atom is 0.257 e. The quantitative estimate of drug-likeness (QED) is 0.352. The predicted octanol–water partition coefficient (Wildman–Crippen LogP) is 4.94. The first kappa shape index (κ1) is 19.5. The van der Waals surface area contributed by atoms with Gasteiger partial charge in [-0.05, 0) is 42.0 Å². The molecule has 0 unspecified atom stereocenters. The minimum absolute atomic E-state index is 0.138. The van der Waals surface area contributed by atoms with Gasteiger partial charge in [-0.3, -0.25) is 9.59 Å². The van der Waals surface area contributed by atoms with Crippen LogP contribution in [0.3, 0.4) is 0 Å². The van der Waals surface area contributed by atoms with Crippen molar-refractivity contribution in [1.82, 2.24) is 9.97 Å². The molecule has 32 heavy (non-hydrogen) atoms. The molecule has 0 fully saturated rings. The molecule has 2 aromatic heterocycles. The Labute approximate surface area is 184 Å². The third-order valence-electron chi connectivity index (χ3n) is 5.35. The Kier molecular flexibility index (Phi) is 5.09. The van der Waals surface area contributed by atoms with Crippen LogP contribution in [-0.4, -0.2) is 15.9 Å². The van der Waals surface area contributed by atoms with Gasteiger partial charge in [-0.1, -0.05) is 48.5 Å². The molecule has 5 aromatic rings. The standard InChI is InChI=1S/C26H20N4O2/c31-25(18-6-2-1-3-7-18)29-19-12-10-17(11-13-19)16-28-22-14-15-27-24-23(22)20-8-4-5-9-21(20)26(32)30-24/h1-15H,16H2,(H,29,31)(H2,27,28,30,32). The van der Waals surface area contributed by atoms with Gasteiger partial charge in [0.2, 0.25) is 0 Å². The Bertz CT molecular complexity index is 1480. The summed E-state index contributed by atoms with van der Waals surface area (Å²) in [6.07, 6.45) is 1.68. The summed E-state index contributed by atoms with van der Waals surface area (Å²) in [5.74, 6) is -0.138. The largest absolute Gasteiger partial charge is 0.380 e. The predicted molar refractivity (Wildman–Crippen MR) is 128 cm³/mol. The fraction of sp³-hybridized carbons (Fsp3) is 0.0385. The summed E-state index contributed by atoms with van der Waals surface area (Å²) in [6.45, 7) is 0.583. The fourth-order valence-corrected chi connectivity index (χ4v) is 3.75. The number of H-pyrrole nitrogens is 1. The van der Waals surface area contributed by atoms with Gasteiger partial charge >= 0.3 is 0 Å². The number of aromatic amines is 1. The van der Waals surface area contributed by atoms with Gasteiger partial charge in [-0.15, -0.1) is 0 Å². The summed E-state index contributed by atoms with van der Waals surface area (Å²) >= 11 is 0. The molecule has 3 aromatic carbocycles. The zero-order valence-electron chi connectivity index (χ0n) is 17.1. The number of nitrogens with zero attached hydrogens (tertiary/aromatic N) is 1. The first-order valence-corrected chi connectivity index (χ1v) is 10.3. The zero-order valence-corrected chi connectivity index (χ0v) is 17.1. The Hall–Kier alpha value is -4.45. The Morgan fingerprint density at radius 2 is 1.56 bits per heavy atom. The SMILES string of the molecule is O=C(Nc1ccc(CNc2ccnc3[nH]c(=O)c4ccccc4c23)cc1)c1ccccc1. The summed E-state index contributed by atoms with van der Waals surface area (Å²) in [4.78, 5) is 31.8. The average Bonchev–Trinajstić information content (AvgIpc) is 2.84. The number of rotatable bonds is 5. The first-order valence-electron chi connectivity index (χ1n) is 10.3. The van der Waals surface area contributed by atoms with Crippen molar-refractivity contribution in [2.75, 3.05) is 10.6 Å². The van der Waals surface area contributed by atoms with E-state index in [4.69, 9.17) is 0 Å². The third kappa shape index (κ3) is 3.81. The highest BCUT2D eigenvalue weighted by Gasteiger charge is 2.10. The number of carbonyl (C=O) groups is 1. The second-order valence-corrected chi connectivity index (χ2v) is 7.45. The number of nitrogens with one attached hydrogen (secondary N) is 3. The summed E-state index contributed by atoms with van der Waals surface area (Å²) in [6, 6.07) is 26.2. The minimum atomic E-state index is -0.147. The average molecular weight is 420 g/mol. The summed E-state index contributed by atoms with van der Waals surface area (Å²) in [5, 5.41) is 8.74. The highest BCUT2D eigenvalue weighted by atomic mass is 16.1. The lowest BCUT2D eigenvalue weighted by Crippen LogP contribution is -2.11. The molecule has 5 rings (SSSR count). The monoisotopic (exact) mass is 420 g/mol. The summed E-state index contributed by atoms with van der Waals surface area (Å²) < 4.78 is 0. The fourth-order valence-electron chi connectivity index (χ4n) is 3.75. The smallest absolute Gasteiger partial charge is 0.257 e. The lowest BCUT2D eigenvalue weighted by molar-refractivity contribution is 0.102. The van der Waals surface area contributed by atoms with E-state index in [9.17, 15) is 9.59 Å². The number of carbonyl (C=O) groups excluding carboxylic acids is 1. The lowest BCUT2D eigenvalue weighted by Gasteiger charge is -2.12. The van der Waals surface area contributed by atoms with E-state index in [1.54, 1.807) is 18.3 Å². The van der Waals surface area contributed by atoms with Crippen LogP contribution in [0.4, 0.5) is 11.4 Å². The molecule has 3 N–H and O–H groups in total. The van der Waals surface area contributed by atoms with E-state index < -0.39 is 0 Å². The van der Waals surface area contributed by atoms with Crippen LogP contribution in [0, 0.1) is 0 Å². The van der Waals surface area contributed by atoms with E-state index in [0.29, 0.717) is 23.1 Å². The Morgan fingerprint density at radius 1 is 0.844 bits per heavy atom. The highest BCUT2D eigenvalue weighted by molar-refractivity contribution is 6.10. The number of fused-ring (bicyclic) bond motifs is 3. The number of aromatic nitrogens is 2. The van der Waals surface area contributed by atoms with Crippen LogP contribution in [0.2, 0.25) is 0 Å². The van der Waals surface area contributed by atoms with Gasteiger partial charge in [-0.2, -0.15) is 0 Å². The maximum atomic E-state index is 12.3. The molecule has 2 heterocycles. The number of benzene rings is 3. The van der Waals surface area contributed by atoms with Crippen molar-refractivity contribution in [1.29, 1.82) is 0 Å². The third-order valence-corrected chi connectivity index (χ3v) is 5.35. The van der Waals surface area contributed by atoms with Crippen molar-refractivity contribution >= 4 is 39.1 Å². The van der Waals surface area contributed by atoms with Gasteiger partial charge in [0, 0.05) is 45.8 Å². The van der Waals surface area contributed by atoms with Crippen molar-refractivity contribution < 1.29 is 4.79 Å². The van der Waals surface area contributed by atoms with Gasteiger partial charge in [0.25, 0.3) is 11.5 Å². The normalized spacial score (nSPS) is 10.9. The van der Waals surface area contributed by atoms with E-state index in [1.165, 1.54) is 0 Å². The number of hydrogen-bond donors (Lipinski definition) is 3. The van der Waals surface area contributed by atoms with Crippen molar-refractivity contribution in [3.8, 4) is 0 Å². The van der Waals surface area contributed by atoms with Crippen LogP contribution in [0.25, 0.3) is 21.8 Å². The second-order valence-electron chi connectivity index (χ2n) is 7.45. The molecule has 0 saturated heterocycles. The van der Waals surface area contributed by atoms with E-state index in [-0.39, 0.29) is 11.5 Å². The molecule has 0 radical (unpaired) electrons. The first-order chi connectivity index (χ1) is 15.7. The van der Waals surface area contributed by atoms with Gasteiger partial charge in [0.15, 0.2) is 0 Å². The lowest BCUT2D eigenvalue weighted by atomic mass is 10.1. The Morgan fingerprint density at radius 3 is 2.34 bits per heavy atom. The molecule has 0 saturated carbocycles. The van der Waals surface area contributed by atoms with Crippen LogP contribution in [-0.2, 0) is 6.54 Å². The molecule has 156 valence electrons. The Balaban J connectivity index is 1.35. The van der Waals surface area contributed by atoms with Crippen molar-refractivity contribution in [3.63, 3.8) is 0 Å². The molecule has 0 aliphatic carbocycles. The minimum Gasteiger partial charge on any atom is -0.380 e. The van der Waals surface area contributed by atoms with Crippen molar-refractivity contribution in [3.05, 3.63) is 113 Å². The second kappa shape index (κ2) is 8.35. The van der Waals surface area contributed by atoms with E-state index in [1.807, 2.05) is 72.8 Å². The molecular weight excluding hydrogens is 400 g/mol. The molecule has 0 atom stereocenters. The van der Waals surface area contributed by atoms with Gasteiger partial charge in [0.05, 0.1) is 0 Å². The topological polar surface area (TPSA) is 86.9 Å². The molecule has 0 bridgehead atoms. The molecule has 0 spiro atoms. The van der Waals surface area contributed by atoms with Crippen LogP contribution >= 0.6 is 0 Å². The molecule has 6 heteroatoms. The van der Waals surface area contributed by atoms with E-state index in [2.05, 4.69) is 20.6 Å². The van der Waals surface area contributed by atoms with Crippen molar-refractivity contribution in [2.45, 2.75) is 6.54 Å². The molecule has 1 amide bonds. The van der Waals surface area contributed by atoms with Gasteiger partial charge in [0.1, 0.15) is 5.65 Å². The molecular formula is C26H20N4O2. The number of anilines is 2. The van der Waals surface area contributed by atoms with E-state index in [0.717, 1.165) is 27.7 Å². The van der Waals surface area contributed by atoms with Crippen LogP contribution in [0.5, 0.6) is 0 Å². The molecule has 0 aliphatic heterocycles. The van der Waals surface area contributed by atoms with E-state index >= 15 is 0 Å². The number of hydrogen-bond acceptors (Lipinski definition) is 4. The van der Waals surface area contributed by atoms with Gasteiger partial charge in [-0.25, -0.2) is 4.98 Å². The summed E-state index contributed by atoms with van der Waals surface area (Å²) in [5.41, 5.74) is 3.71. The van der Waals surface area contributed by atoms with Crippen LogP contribution in [0.15, 0.2) is 95.9 Å². The summed E-state index contributed by atoms with van der Waals surface area (Å²) in [7, 11) is 0. The number of pyridine rings is 2.